The van der Waals surface area contributed by atoms with Crippen molar-refractivity contribution in [1.82, 2.24) is 0 Å². The number of phosphoric ester groups is 1. The second-order valence-electron chi connectivity index (χ2n) is 15.7. The molecule has 0 fully saturated rings. The fourth-order valence-electron chi connectivity index (χ4n) is 6.03. The summed E-state index contributed by atoms with van der Waals surface area (Å²) in [6.07, 6.45) is 39.2. The molecule has 0 saturated heterocycles. The Balaban J connectivity index is 4.38. The zero-order valence-corrected chi connectivity index (χ0v) is 38.0. The summed E-state index contributed by atoms with van der Waals surface area (Å²) in [4.78, 5) is 46.7. The zero-order valence-electron chi connectivity index (χ0n) is 37.1. The molecule has 342 valence electrons. The van der Waals surface area contributed by atoms with Gasteiger partial charge in [0.2, 0.25) is 0 Å². The minimum atomic E-state index is -4.65. The minimum Gasteiger partial charge on any atom is -0.462 e. The van der Waals surface area contributed by atoms with Crippen LogP contribution in [0.3, 0.4) is 0 Å². The Bertz CT molecular complexity index is 1200. The van der Waals surface area contributed by atoms with E-state index in [1.807, 2.05) is 36.5 Å². The van der Waals surface area contributed by atoms with Crippen molar-refractivity contribution in [2.24, 2.45) is 5.92 Å². The molecule has 0 rings (SSSR count). The Labute approximate surface area is 358 Å². The first kappa shape index (κ1) is 56.6. The molecule has 0 aliphatic heterocycles. The third-order valence-corrected chi connectivity index (χ3v) is 11.0. The molecule has 3 N–H and O–H groups in total. The summed E-state index contributed by atoms with van der Waals surface area (Å²) in [5.74, 6) is 0.00270. The summed E-state index contributed by atoms with van der Waals surface area (Å²) >= 11 is 0. The smallest absolute Gasteiger partial charge is 0.462 e. The Hall–Kier alpha value is -2.40. The van der Waals surface area contributed by atoms with Crippen LogP contribution in [0, 0.1) is 5.92 Å². The predicted molar refractivity (Wildman–Crippen MR) is 238 cm³/mol. The molecular formula is C47H83O11P. The van der Waals surface area contributed by atoms with Gasteiger partial charge in [0.15, 0.2) is 11.9 Å². The van der Waals surface area contributed by atoms with E-state index < -0.39 is 51.8 Å². The largest absolute Gasteiger partial charge is 0.472 e. The molecule has 2 unspecified atom stereocenters. The first-order valence-electron chi connectivity index (χ1n) is 22.9. The molecule has 0 aliphatic rings. The van der Waals surface area contributed by atoms with Crippen molar-refractivity contribution >= 4 is 25.5 Å². The third kappa shape index (κ3) is 40.8. The van der Waals surface area contributed by atoms with Crippen molar-refractivity contribution < 1.29 is 52.6 Å². The number of carbonyl (C=O) groups excluding carboxylic acids is 3. The summed E-state index contributed by atoms with van der Waals surface area (Å²) in [6, 6.07) is 0. The van der Waals surface area contributed by atoms with Gasteiger partial charge in [0.1, 0.15) is 12.7 Å². The van der Waals surface area contributed by atoms with Gasteiger partial charge in [0.05, 0.1) is 19.8 Å². The maximum atomic E-state index is 12.6. The van der Waals surface area contributed by atoms with Crippen LogP contribution in [0.2, 0.25) is 0 Å². The highest BCUT2D eigenvalue weighted by molar-refractivity contribution is 7.47. The van der Waals surface area contributed by atoms with E-state index in [1.54, 1.807) is 12.2 Å². The van der Waals surface area contributed by atoms with E-state index in [2.05, 4.69) is 25.3 Å². The van der Waals surface area contributed by atoms with Crippen LogP contribution in [-0.4, -0.2) is 71.5 Å². The molecule has 0 bridgehead atoms. The number of unbranched alkanes of at least 4 members (excludes halogenated alkanes) is 16. The lowest BCUT2D eigenvalue weighted by molar-refractivity contribution is -0.161. The van der Waals surface area contributed by atoms with Crippen LogP contribution in [0.15, 0.2) is 48.6 Å². The predicted octanol–water partition coefficient (Wildman–Crippen LogP) is 11.5. The summed E-state index contributed by atoms with van der Waals surface area (Å²) in [5, 5.41) is 18.3. The molecule has 0 radical (unpaired) electrons. The number of allylic oxidation sites excluding steroid dienone is 8. The zero-order chi connectivity index (χ0) is 43.7. The average molecular weight is 855 g/mol. The number of carbonyl (C=O) groups is 3. The molecule has 12 heteroatoms. The van der Waals surface area contributed by atoms with Crippen LogP contribution < -0.4 is 0 Å². The molecule has 0 heterocycles. The number of aliphatic hydroxyl groups is 2. The van der Waals surface area contributed by atoms with Gasteiger partial charge in [0, 0.05) is 19.3 Å². The van der Waals surface area contributed by atoms with Crippen molar-refractivity contribution in [2.75, 3.05) is 26.4 Å². The lowest BCUT2D eigenvalue weighted by atomic mass is 9.99. The highest BCUT2D eigenvalue weighted by Crippen LogP contribution is 2.43. The Kier molecular flexibility index (Phi) is 39.3. The van der Waals surface area contributed by atoms with Gasteiger partial charge in [0.25, 0.3) is 0 Å². The van der Waals surface area contributed by atoms with Crippen LogP contribution in [0.25, 0.3) is 0 Å². The summed E-state index contributed by atoms with van der Waals surface area (Å²) in [7, 11) is -4.65. The van der Waals surface area contributed by atoms with Gasteiger partial charge in [-0.2, -0.15) is 0 Å². The van der Waals surface area contributed by atoms with Gasteiger partial charge in [-0.1, -0.05) is 172 Å². The normalized spacial score (nSPS) is 14.7. The molecule has 4 atom stereocenters. The van der Waals surface area contributed by atoms with Crippen molar-refractivity contribution in [3.8, 4) is 0 Å². The highest BCUT2D eigenvalue weighted by atomic mass is 31.2. The fourth-order valence-corrected chi connectivity index (χ4v) is 6.82. The molecule has 0 aromatic heterocycles. The van der Waals surface area contributed by atoms with E-state index in [9.17, 15) is 28.9 Å². The maximum Gasteiger partial charge on any atom is 0.472 e. The van der Waals surface area contributed by atoms with Gasteiger partial charge in [-0.15, -0.1) is 0 Å². The van der Waals surface area contributed by atoms with Crippen LogP contribution in [-0.2, 0) is 37.5 Å². The maximum absolute atomic E-state index is 12.6. The van der Waals surface area contributed by atoms with Crippen molar-refractivity contribution in [3.05, 3.63) is 48.6 Å². The van der Waals surface area contributed by atoms with Gasteiger partial charge in [-0.25, -0.2) is 4.57 Å². The SMILES string of the molecule is CCCCCC(=O)/C=C/C=C\C/C=C\C/C=C\CCCC(=O)O[C@H](COC(=O)CCCCCCCCCCCCCCCCC(C)CC)COP(=O)(O)OC[C@@H](O)CO. The van der Waals surface area contributed by atoms with Gasteiger partial charge in [-0.3, -0.25) is 23.4 Å². The van der Waals surface area contributed by atoms with Crippen LogP contribution in [0.4, 0.5) is 0 Å². The molecule has 0 amide bonds. The van der Waals surface area contributed by atoms with Crippen LogP contribution in [0.1, 0.15) is 188 Å². The molecule has 0 aromatic rings. The summed E-state index contributed by atoms with van der Waals surface area (Å²) in [5.41, 5.74) is 0. The number of aliphatic hydroxyl groups excluding tert-OH is 2. The second-order valence-corrected chi connectivity index (χ2v) is 17.2. The fraction of sp³-hybridized carbons (Fsp3) is 0.766. The molecule has 11 nitrogen and oxygen atoms in total. The van der Waals surface area contributed by atoms with Crippen molar-refractivity contribution in [1.29, 1.82) is 0 Å². The van der Waals surface area contributed by atoms with Gasteiger partial charge in [-0.05, 0) is 50.5 Å². The third-order valence-electron chi connectivity index (χ3n) is 10.0. The number of ether oxygens (including phenoxy) is 2. The summed E-state index contributed by atoms with van der Waals surface area (Å²) < 4.78 is 32.7. The van der Waals surface area contributed by atoms with Crippen molar-refractivity contribution in [2.45, 2.75) is 200 Å². The summed E-state index contributed by atoms with van der Waals surface area (Å²) in [6.45, 7) is 4.51. The standard InChI is InChI=1S/C47H83O11P/c1-4-6-28-34-43(49)35-30-25-21-17-13-11-15-19-23-27-32-37-47(52)58-45(41-57-59(53,54)56-39-44(50)38-48)40-55-46(51)36-31-26-22-18-14-10-8-7-9-12-16-20-24-29-33-42(3)5-2/h11,13,19,21,23,25,30,35,42,44-45,48,50H,4-10,12,14-18,20,22,24,26-29,31-34,36-41H2,1-3H3,(H,53,54)/b13-11-,23-19-,25-21-,35-30+/t42?,44-,45+/m0/s1. The second kappa shape index (κ2) is 41.0. The molecule has 0 spiro atoms. The van der Waals surface area contributed by atoms with Crippen molar-refractivity contribution in [3.63, 3.8) is 0 Å². The lowest BCUT2D eigenvalue weighted by Gasteiger charge is -2.20. The van der Waals surface area contributed by atoms with E-state index in [-0.39, 0.29) is 25.2 Å². The Morgan fingerprint density at radius 2 is 1.17 bits per heavy atom. The van der Waals surface area contributed by atoms with E-state index in [1.165, 1.54) is 77.0 Å². The molecule has 0 saturated carbocycles. The molecule has 0 aliphatic carbocycles. The molecule has 59 heavy (non-hydrogen) atoms. The minimum absolute atomic E-state index is 0.0821. The van der Waals surface area contributed by atoms with E-state index in [4.69, 9.17) is 19.1 Å². The molecule has 0 aromatic carbocycles. The highest BCUT2D eigenvalue weighted by Gasteiger charge is 2.27. The number of hydrogen-bond donors (Lipinski definition) is 3. The van der Waals surface area contributed by atoms with Gasteiger partial charge >= 0.3 is 19.8 Å². The first-order valence-corrected chi connectivity index (χ1v) is 24.4. The quantitative estimate of drug-likeness (QED) is 0.0134. The number of ketones is 1. The van der Waals surface area contributed by atoms with E-state index in [0.717, 1.165) is 57.3 Å². The lowest BCUT2D eigenvalue weighted by Crippen LogP contribution is -2.29. The average Bonchev–Trinajstić information content (AvgIpc) is 3.22. The van der Waals surface area contributed by atoms with Crippen LogP contribution >= 0.6 is 7.82 Å². The van der Waals surface area contributed by atoms with E-state index in [0.29, 0.717) is 25.7 Å². The topological polar surface area (TPSA) is 166 Å². The number of rotatable bonds is 42. The number of phosphoric acid groups is 1. The monoisotopic (exact) mass is 855 g/mol. The molecular weight excluding hydrogens is 771 g/mol. The Morgan fingerprint density at radius 3 is 1.78 bits per heavy atom. The number of hydrogen-bond acceptors (Lipinski definition) is 10. The van der Waals surface area contributed by atoms with Crippen LogP contribution in [0.5, 0.6) is 0 Å². The van der Waals surface area contributed by atoms with E-state index >= 15 is 0 Å². The number of esters is 2. The first-order chi connectivity index (χ1) is 28.5. The van der Waals surface area contributed by atoms with Gasteiger partial charge < -0.3 is 24.6 Å². The Morgan fingerprint density at radius 1 is 0.627 bits per heavy atom.